The fourth-order valence-electron chi connectivity index (χ4n) is 2.04. The number of hydrogen-bond donors (Lipinski definition) is 0. The van der Waals surface area contributed by atoms with Crippen LogP contribution in [-0.4, -0.2) is 11.3 Å². The summed E-state index contributed by atoms with van der Waals surface area (Å²) in [6, 6.07) is 8.11. The standard InChI is InChI=1S/C13H13BCl2O/c15-14(16)7-3-6-13(17)12-8-10-4-1-2-5-11(10)9-12/h1-2,4-5,8H,3,6-7,9H2. The lowest BCUT2D eigenvalue weighted by Gasteiger charge is -2.01. The summed E-state index contributed by atoms with van der Waals surface area (Å²) < 4.78 is 0. The molecule has 2 rings (SSSR count). The molecule has 0 aliphatic heterocycles. The van der Waals surface area contributed by atoms with Gasteiger partial charge >= 0.3 is 5.54 Å². The summed E-state index contributed by atoms with van der Waals surface area (Å²) >= 11 is 11.3. The summed E-state index contributed by atoms with van der Waals surface area (Å²) in [6.07, 6.45) is 4.73. The van der Waals surface area contributed by atoms with Crippen LogP contribution in [-0.2, 0) is 11.2 Å². The molecule has 4 heteroatoms. The van der Waals surface area contributed by atoms with Gasteiger partial charge in [0.25, 0.3) is 0 Å². The predicted octanol–water partition coefficient (Wildman–Crippen LogP) is 3.94. The Morgan fingerprint density at radius 2 is 2.06 bits per heavy atom. The molecule has 17 heavy (non-hydrogen) atoms. The van der Waals surface area contributed by atoms with Crippen LogP contribution in [0.4, 0.5) is 0 Å². The molecule has 0 bridgehead atoms. The lowest BCUT2D eigenvalue weighted by molar-refractivity contribution is -0.115. The molecule has 1 aliphatic carbocycles. The third-order valence-electron chi connectivity index (χ3n) is 2.95. The topological polar surface area (TPSA) is 17.1 Å². The maximum Gasteiger partial charge on any atom is 0.351 e. The molecule has 0 aromatic heterocycles. The highest BCUT2D eigenvalue weighted by molar-refractivity contribution is 7.33. The number of ketones is 1. The van der Waals surface area contributed by atoms with Gasteiger partial charge < -0.3 is 0 Å². The summed E-state index contributed by atoms with van der Waals surface area (Å²) in [7, 11) is 0. The molecule has 0 spiro atoms. The van der Waals surface area contributed by atoms with Crippen LogP contribution in [0.5, 0.6) is 0 Å². The average Bonchev–Trinajstić information content (AvgIpc) is 2.71. The number of fused-ring (bicyclic) bond motifs is 1. The molecular formula is C13H13BCl2O. The van der Waals surface area contributed by atoms with Crippen molar-refractivity contribution in [1.82, 2.24) is 0 Å². The fraction of sp³-hybridized carbons (Fsp3) is 0.308. The van der Waals surface area contributed by atoms with Gasteiger partial charge in [-0.15, -0.1) is 0 Å². The molecular weight excluding hydrogens is 254 g/mol. The van der Waals surface area contributed by atoms with Crippen LogP contribution in [0.15, 0.2) is 29.8 Å². The van der Waals surface area contributed by atoms with E-state index in [2.05, 4.69) is 6.07 Å². The fourth-order valence-corrected chi connectivity index (χ4v) is 2.35. The van der Waals surface area contributed by atoms with E-state index in [1.54, 1.807) is 0 Å². The quantitative estimate of drug-likeness (QED) is 0.738. The summed E-state index contributed by atoms with van der Waals surface area (Å²) in [4.78, 5) is 11.9. The van der Waals surface area contributed by atoms with Crippen molar-refractivity contribution in [2.75, 3.05) is 0 Å². The molecule has 0 radical (unpaired) electrons. The van der Waals surface area contributed by atoms with E-state index in [-0.39, 0.29) is 11.3 Å². The largest absolute Gasteiger partial charge is 0.351 e. The van der Waals surface area contributed by atoms with Crippen LogP contribution >= 0.6 is 22.9 Å². The van der Waals surface area contributed by atoms with E-state index in [1.165, 1.54) is 11.1 Å². The first kappa shape index (κ1) is 12.7. The third-order valence-corrected chi connectivity index (χ3v) is 3.39. The summed E-state index contributed by atoms with van der Waals surface area (Å²) in [5.74, 6) is 0.218. The predicted molar refractivity (Wildman–Crippen MR) is 74.6 cm³/mol. The Kier molecular flexibility index (Phi) is 4.30. The second-order valence-electron chi connectivity index (χ2n) is 4.25. The number of carbonyl (C=O) groups is 1. The second kappa shape index (κ2) is 5.75. The van der Waals surface area contributed by atoms with Gasteiger partial charge in [-0.25, -0.2) is 0 Å². The number of rotatable bonds is 5. The Morgan fingerprint density at radius 3 is 2.76 bits per heavy atom. The first-order valence-electron chi connectivity index (χ1n) is 5.76. The van der Waals surface area contributed by atoms with Crippen LogP contribution in [0.25, 0.3) is 6.08 Å². The van der Waals surface area contributed by atoms with Crippen molar-refractivity contribution < 1.29 is 4.79 Å². The van der Waals surface area contributed by atoms with Gasteiger partial charge in [0, 0.05) is 18.4 Å². The minimum absolute atomic E-state index is 0.218. The number of halogens is 2. The van der Waals surface area contributed by atoms with Gasteiger partial charge in [-0.3, -0.25) is 4.79 Å². The van der Waals surface area contributed by atoms with Crippen LogP contribution in [0, 0.1) is 0 Å². The molecule has 0 unspecified atom stereocenters. The molecule has 0 saturated carbocycles. The second-order valence-corrected chi connectivity index (χ2v) is 5.53. The van der Waals surface area contributed by atoms with Gasteiger partial charge in [0.2, 0.25) is 0 Å². The maximum absolute atomic E-state index is 11.9. The van der Waals surface area contributed by atoms with E-state index in [9.17, 15) is 4.79 Å². The molecule has 0 fully saturated rings. The minimum atomic E-state index is -0.363. The molecule has 1 aliphatic rings. The van der Waals surface area contributed by atoms with Gasteiger partial charge in [0.05, 0.1) is 0 Å². The van der Waals surface area contributed by atoms with E-state index >= 15 is 0 Å². The Labute approximate surface area is 112 Å². The SMILES string of the molecule is O=C(CCCB(Cl)Cl)C1=Cc2ccccc2C1. The van der Waals surface area contributed by atoms with Crippen LogP contribution in [0.1, 0.15) is 24.0 Å². The van der Waals surface area contributed by atoms with Gasteiger partial charge in [0.15, 0.2) is 5.78 Å². The van der Waals surface area contributed by atoms with E-state index in [1.807, 2.05) is 24.3 Å². The summed E-state index contributed by atoms with van der Waals surface area (Å²) in [5, 5.41) is 0. The van der Waals surface area contributed by atoms with Crippen molar-refractivity contribution in [2.45, 2.75) is 25.6 Å². The minimum Gasteiger partial charge on any atom is -0.295 e. The molecule has 1 aromatic rings. The van der Waals surface area contributed by atoms with Crippen LogP contribution in [0.2, 0.25) is 6.32 Å². The maximum atomic E-state index is 11.9. The van der Waals surface area contributed by atoms with E-state index in [0.717, 1.165) is 18.4 Å². The smallest absolute Gasteiger partial charge is 0.295 e. The molecule has 0 N–H and O–H groups in total. The number of Topliss-reactive ketones (excluding diaryl/α,β-unsaturated/α-hetero) is 1. The molecule has 88 valence electrons. The van der Waals surface area contributed by atoms with Gasteiger partial charge in [0.1, 0.15) is 0 Å². The Balaban J connectivity index is 1.91. The number of allylic oxidation sites excluding steroid dienone is 1. The zero-order chi connectivity index (χ0) is 12.3. The van der Waals surface area contributed by atoms with Crippen LogP contribution < -0.4 is 0 Å². The first-order chi connectivity index (χ1) is 8.16. The zero-order valence-electron chi connectivity index (χ0n) is 9.46. The van der Waals surface area contributed by atoms with E-state index < -0.39 is 0 Å². The van der Waals surface area contributed by atoms with Gasteiger partial charge in [-0.2, -0.15) is 22.9 Å². The van der Waals surface area contributed by atoms with Gasteiger partial charge in [-0.1, -0.05) is 30.7 Å². The van der Waals surface area contributed by atoms with Crippen molar-refractivity contribution in [1.29, 1.82) is 0 Å². The molecule has 0 heterocycles. The molecule has 0 atom stereocenters. The van der Waals surface area contributed by atoms with E-state index in [4.69, 9.17) is 22.9 Å². The summed E-state index contributed by atoms with van der Waals surface area (Å²) in [6.45, 7) is 0. The van der Waals surface area contributed by atoms with Crippen molar-refractivity contribution in [3.05, 3.63) is 41.0 Å². The summed E-state index contributed by atoms with van der Waals surface area (Å²) in [5.41, 5.74) is 2.95. The molecule has 0 saturated heterocycles. The first-order valence-corrected chi connectivity index (χ1v) is 6.64. The Bertz CT molecular complexity index is 454. The number of hydrogen-bond acceptors (Lipinski definition) is 1. The highest BCUT2D eigenvalue weighted by Gasteiger charge is 2.18. The highest BCUT2D eigenvalue weighted by Crippen LogP contribution is 2.26. The van der Waals surface area contributed by atoms with Crippen molar-refractivity contribution in [3.63, 3.8) is 0 Å². The van der Waals surface area contributed by atoms with Crippen LogP contribution in [0.3, 0.4) is 0 Å². The molecule has 1 aromatic carbocycles. The van der Waals surface area contributed by atoms with Crippen molar-refractivity contribution in [2.24, 2.45) is 0 Å². The normalized spacial score (nSPS) is 13.2. The Morgan fingerprint density at radius 1 is 1.29 bits per heavy atom. The molecule has 0 amide bonds. The third kappa shape index (κ3) is 3.37. The van der Waals surface area contributed by atoms with Gasteiger partial charge in [-0.05, 0) is 23.5 Å². The monoisotopic (exact) mass is 266 g/mol. The number of carbonyl (C=O) groups excluding carboxylic acids is 1. The lowest BCUT2D eigenvalue weighted by Crippen LogP contribution is -2.03. The highest BCUT2D eigenvalue weighted by atomic mass is 35.5. The number of benzene rings is 1. The molecule has 1 nitrogen and oxygen atoms in total. The van der Waals surface area contributed by atoms with E-state index in [0.29, 0.717) is 12.7 Å². The van der Waals surface area contributed by atoms with Crippen molar-refractivity contribution in [3.8, 4) is 0 Å². The zero-order valence-corrected chi connectivity index (χ0v) is 11.0. The average molecular weight is 267 g/mol. The Hall–Kier alpha value is -0.725. The van der Waals surface area contributed by atoms with Crippen molar-refractivity contribution >= 4 is 40.3 Å². The lowest BCUT2D eigenvalue weighted by atomic mass is 9.94.